The predicted molar refractivity (Wildman–Crippen MR) is 196 cm³/mol. The Morgan fingerprint density at radius 2 is 1.69 bits per heavy atom. The number of imide groups is 1. The van der Waals surface area contributed by atoms with E-state index in [4.69, 9.17) is 21.6 Å². The smallest absolute Gasteiger partial charge is 0.328 e. The van der Waals surface area contributed by atoms with E-state index in [1.54, 1.807) is 29.2 Å². The van der Waals surface area contributed by atoms with Crippen LogP contribution in [0.1, 0.15) is 66.6 Å². The quantitative estimate of drug-likeness (QED) is 0.326. The number of piperazine rings is 1. The Balaban J connectivity index is 0.825. The number of piperidine rings is 1. The van der Waals surface area contributed by atoms with Crippen molar-refractivity contribution in [1.29, 1.82) is 5.26 Å². The summed E-state index contributed by atoms with van der Waals surface area (Å²) in [6.07, 6.45) is 5.63. The van der Waals surface area contributed by atoms with Crippen molar-refractivity contribution in [3.8, 4) is 11.8 Å². The highest BCUT2D eigenvalue weighted by atomic mass is 35.5. The van der Waals surface area contributed by atoms with E-state index in [1.165, 1.54) is 0 Å². The zero-order chi connectivity index (χ0) is 36.0. The summed E-state index contributed by atoms with van der Waals surface area (Å²) in [4.78, 5) is 46.1. The van der Waals surface area contributed by atoms with Gasteiger partial charge in [-0.3, -0.25) is 29.6 Å². The maximum atomic E-state index is 13.0. The Morgan fingerprint density at radius 3 is 2.38 bits per heavy atom. The summed E-state index contributed by atoms with van der Waals surface area (Å²) in [7, 11) is 0. The van der Waals surface area contributed by atoms with E-state index >= 15 is 0 Å². The van der Waals surface area contributed by atoms with Gasteiger partial charge in [-0.1, -0.05) is 29.8 Å². The summed E-state index contributed by atoms with van der Waals surface area (Å²) in [6.45, 7) is 6.84. The molecule has 1 aliphatic carbocycles. The van der Waals surface area contributed by atoms with Crippen molar-refractivity contribution in [2.45, 2.75) is 69.7 Å². The van der Waals surface area contributed by atoms with Crippen molar-refractivity contribution in [3.05, 3.63) is 76.4 Å². The molecule has 3 aromatic rings. The number of ether oxygens (including phenoxy) is 1. The highest BCUT2D eigenvalue weighted by molar-refractivity contribution is 6.31. The fourth-order valence-electron chi connectivity index (χ4n) is 7.74. The number of urea groups is 1. The van der Waals surface area contributed by atoms with Gasteiger partial charge in [0.05, 0.1) is 16.7 Å². The molecule has 1 saturated carbocycles. The van der Waals surface area contributed by atoms with Gasteiger partial charge in [-0.05, 0) is 74.4 Å². The minimum atomic E-state index is -0.349. The Hall–Kier alpha value is -4.77. The van der Waals surface area contributed by atoms with Gasteiger partial charge >= 0.3 is 6.03 Å². The molecule has 7 rings (SSSR count). The van der Waals surface area contributed by atoms with Crippen LogP contribution >= 0.6 is 11.6 Å². The fourth-order valence-corrected chi connectivity index (χ4v) is 7.95. The van der Waals surface area contributed by atoms with Crippen LogP contribution in [0.25, 0.3) is 0 Å². The second-order valence-electron chi connectivity index (χ2n) is 14.0. The van der Waals surface area contributed by atoms with Gasteiger partial charge in [-0.25, -0.2) is 4.79 Å². The van der Waals surface area contributed by atoms with Crippen LogP contribution in [-0.2, 0) is 11.3 Å². The minimum absolute atomic E-state index is 0.0326. The average Bonchev–Trinajstić information content (AvgIpc) is 3.17. The Kier molecular flexibility index (Phi) is 11.1. The maximum Gasteiger partial charge on any atom is 0.328 e. The van der Waals surface area contributed by atoms with E-state index in [2.05, 4.69) is 47.7 Å². The lowest BCUT2D eigenvalue weighted by Crippen LogP contribution is -2.53. The molecule has 4 aliphatic rings. The summed E-state index contributed by atoms with van der Waals surface area (Å²) in [6, 6.07) is 19.0. The third kappa shape index (κ3) is 8.47. The maximum absolute atomic E-state index is 13.0. The van der Waals surface area contributed by atoms with Crippen LogP contribution in [0.3, 0.4) is 0 Å². The van der Waals surface area contributed by atoms with Gasteiger partial charge in [0, 0.05) is 82.6 Å². The van der Waals surface area contributed by atoms with Crippen molar-refractivity contribution in [2.75, 3.05) is 55.6 Å². The van der Waals surface area contributed by atoms with Crippen LogP contribution in [-0.4, -0.2) is 102 Å². The molecule has 1 aromatic heterocycles. The number of nitrogens with zero attached hydrogens (tertiary/aromatic N) is 7. The molecule has 0 radical (unpaired) electrons. The molecule has 3 saturated heterocycles. The topological polar surface area (TPSA) is 147 Å². The van der Waals surface area contributed by atoms with E-state index < -0.39 is 0 Å². The molecule has 14 heteroatoms. The van der Waals surface area contributed by atoms with Gasteiger partial charge in [-0.15, -0.1) is 10.2 Å². The number of carbonyl (C=O) groups is 3. The van der Waals surface area contributed by atoms with Gasteiger partial charge in [0.15, 0.2) is 11.5 Å². The number of nitriles is 1. The Bertz CT molecular complexity index is 1790. The second kappa shape index (κ2) is 16.3. The lowest BCUT2D eigenvalue weighted by atomic mass is 9.93. The molecule has 0 spiro atoms. The van der Waals surface area contributed by atoms with E-state index in [9.17, 15) is 14.4 Å². The van der Waals surface area contributed by atoms with Gasteiger partial charge in [0.1, 0.15) is 11.8 Å². The molecule has 272 valence electrons. The summed E-state index contributed by atoms with van der Waals surface area (Å²) < 4.78 is 6.08. The summed E-state index contributed by atoms with van der Waals surface area (Å²) in [5.41, 5.74) is 2.71. The number of hydrogen-bond acceptors (Lipinski definition) is 10. The molecule has 0 bridgehead atoms. The largest absolute Gasteiger partial charge is 0.490 e. The Morgan fingerprint density at radius 1 is 0.923 bits per heavy atom. The number of carbonyl (C=O) groups excluding carboxylic acids is 3. The van der Waals surface area contributed by atoms with Crippen LogP contribution in [0.2, 0.25) is 5.02 Å². The number of nitrogens with one attached hydrogen (secondary N) is 2. The minimum Gasteiger partial charge on any atom is -0.490 e. The van der Waals surface area contributed by atoms with Crippen molar-refractivity contribution in [2.24, 2.45) is 0 Å². The van der Waals surface area contributed by atoms with Crippen LogP contribution < -0.4 is 25.2 Å². The first kappa shape index (κ1) is 35.6. The van der Waals surface area contributed by atoms with Crippen molar-refractivity contribution in [1.82, 2.24) is 30.6 Å². The van der Waals surface area contributed by atoms with Crippen LogP contribution in [0.15, 0.2) is 54.6 Å². The third-order valence-electron chi connectivity index (χ3n) is 10.7. The molecule has 2 N–H and O–H groups in total. The molecule has 13 nitrogen and oxygen atoms in total. The number of halogens is 1. The van der Waals surface area contributed by atoms with Gasteiger partial charge in [0.2, 0.25) is 5.91 Å². The van der Waals surface area contributed by atoms with Crippen molar-refractivity contribution in [3.63, 3.8) is 0 Å². The zero-order valence-corrected chi connectivity index (χ0v) is 29.9. The third-order valence-corrected chi connectivity index (χ3v) is 11.0. The number of para-hydroxylation sites is 1. The number of rotatable bonds is 9. The van der Waals surface area contributed by atoms with Crippen LogP contribution in [0.5, 0.6) is 5.75 Å². The molecular formula is C38H44ClN9O4. The van der Waals surface area contributed by atoms with E-state index in [1.807, 2.05) is 24.3 Å². The highest BCUT2D eigenvalue weighted by Crippen LogP contribution is 2.29. The van der Waals surface area contributed by atoms with Gasteiger partial charge in [-0.2, -0.15) is 5.26 Å². The highest BCUT2D eigenvalue weighted by Gasteiger charge is 2.30. The first-order valence-electron chi connectivity index (χ1n) is 18.2. The molecule has 4 amide bonds. The lowest BCUT2D eigenvalue weighted by molar-refractivity contribution is -0.120. The molecular weight excluding hydrogens is 682 g/mol. The van der Waals surface area contributed by atoms with Crippen LogP contribution in [0, 0.1) is 11.3 Å². The zero-order valence-electron chi connectivity index (χ0n) is 29.2. The Labute approximate surface area is 308 Å². The summed E-state index contributed by atoms with van der Waals surface area (Å²) in [5, 5.41) is 23.7. The monoisotopic (exact) mass is 725 g/mol. The van der Waals surface area contributed by atoms with Gasteiger partial charge in [0.25, 0.3) is 5.91 Å². The molecule has 0 unspecified atom stereocenters. The summed E-state index contributed by atoms with van der Waals surface area (Å²) >= 11 is 6.14. The van der Waals surface area contributed by atoms with Crippen LogP contribution in [0.4, 0.5) is 16.3 Å². The van der Waals surface area contributed by atoms with E-state index in [-0.39, 0.29) is 30.0 Å². The average molecular weight is 726 g/mol. The molecule has 4 fully saturated rings. The van der Waals surface area contributed by atoms with E-state index in [0.29, 0.717) is 41.0 Å². The molecule has 2 aromatic carbocycles. The normalized spacial score (nSPS) is 22.1. The SMILES string of the molecule is N#Cc1ccc(OC2CCC(NC(=O)c3ccc(N4CCC(N5CCN(Cc6ccccc6N6CCC(=O)NC6=O)CC5)CC4)nn3)CC2)cc1Cl. The summed E-state index contributed by atoms with van der Waals surface area (Å²) in [5.74, 6) is 1.01. The number of aromatic nitrogens is 2. The first-order chi connectivity index (χ1) is 25.3. The molecule has 4 heterocycles. The second-order valence-corrected chi connectivity index (χ2v) is 14.4. The lowest BCUT2D eigenvalue weighted by Gasteiger charge is -2.43. The number of benzene rings is 2. The predicted octanol–water partition coefficient (Wildman–Crippen LogP) is 4.35. The molecule has 3 aliphatic heterocycles. The molecule has 0 atom stereocenters. The molecule has 52 heavy (non-hydrogen) atoms. The first-order valence-corrected chi connectivity index (χ1v) is 18.6. The fraction of sp³-hybridized carbons (Fsp3) is 0.474. The number of anilines is 2. The van der Waals surface area contributed by atoms with Crippen molar-refractivity contribution < 1.29 is 19.1 Å². The standard InChI is InChI=1S/C38H44ClN9O4/c39-32-23-31(8-5-26(32)24-40)52-30-9-6-28(7-10-30)41-37(50)33-11-12-35(44-43-33)47-16-13-29(14-17-47)46-21-19-45(20-22-46)25-27-3-1-2-4-34(27)48-18-15-36(49)42-38(48)51/h1-5,8,11-12,23,28-30H,6-7,9-10,13-22,25H2,(H,41,50)(H,42,49,51). The van der Waals surface area contributed by atoms with E-state index in [0.717, 1.165) is 101 Å². The number of amides is 4. The van der Waals surface area contributed by atoms with Gasteiger partial charge < -0.3 is 15.0 Å². The number of hydrogen-bond donors (Lipinski definition) is 2. The van der Waals surface area contributed by atoms with Crippen molar-refractivity contribution >= 4 is 41.0 Å².